The van der Waals surface area contributed by atoms with Crippen molar-refractivity contribution in [3.05, 3.63) is 71.0 Å². The predicted octanol–water partition coefficient (Wildman–Crippen LogP) is 6.68. The second-order valence-corrected chi connectivity index (χ2v) is 6.32. The van der Waals surface area contributed by atoms with E-state index in [0.717, 1.165) is 12.2 Å². The van der Waals surface area contributed by atoms with Crippen LogP contribution in [-0.2, 0) is 11.2 Å². The summed E-state index contributed by atoms with van der Waals surface area (Å²) in [6.07, 6.45) is 6.05. The third kappa shape index (κ3) is 4.50. The highest BCUT2D eigenvalue weighted by atomic mass is 16.5. The van der Waals surface area contributed by atoms with Crippen LogP contribution in [0.2, 0.25) is 0 Å². The van der Waals surface area contributed by atoms with Gasteiger partial charge in [-0.3, -0.25) is 0 Å². The molecule has 1 nitrogen and oxygen atoms in total. The molecular formula is C23H30O. The number of aryl methyl sites for hydroxylation is 1. The van der Waals surface area contributed by atoms with Gasteiger partial charge in [-0.1, -0.05) is 61.9 Å². The molecule has 1 unspecified atom stereocenters. The van der Waals surface area contributed by atoms with E-state index in [-0.39, 0.29) is 0 Å². The van der Waals surface area contributed by atoms with Gasteiger partial charge in [0.05, 0.1) is 11.9 Å². The number of ether oxygens (including phenoxy) is 1. The lowest BCUT2D eigenvalue weighted by Crippen LogP contribution is -2.09. The standard InChI is InChI=1S/C14H12.C7H12O.C2H6/c1-10-6-7-14-12(8-10)9-11-4-2-3-5-13(11)14;1-6-4-3-5-7(2)8-6;1-2/h2-8H,9H2,1H3;4,7H,3,5H2,1-2H3;1-2H3. The topological polar surface area (TPSA) is 9.23 Å². The highest BCUT2D eigenvalue weighted by Gasteiger charge is 2.16. The molecule has 0 fully saturated rings. The Balaban J connectivity index is 0.000000179. The second kappa shape index (κ2) is 8.73. The molecule has 2 aromatic carbocycles. The van der Waals surface area contributed by atoms with Crippen LogP contribution in [0.3, 0.4) is 0 Å². The summed E-state index contributed by atoms with van der Waals surface area (Å²) in [4.78, 5) is 0. The average Bonchev–Trinajstić information content (AvgIpc) is 2.94. The number of benzene rings is 2. The van der Waals surface area contributed by atoms with Gasteiger partial charge in [0.25, 0.3) is 0 Å². The van der Waals surface area contributed by atoms with E-state index in [9.17, 15) is 0 Å². The molecule has 1 atom stereocenters. The van der Waals surface area contributed by atoms with Crippen LogP contribution in [0.4, 0.5) is 0 Å². The molecule has 0 saturated heterocycles. The van der Waals surface area contributed by atoms with Gasteiger partial charge in [-0.05, 0) is 68.4 Å². The van der Waals surface area contributed by atoms with Crippen molar-refractivity contribution in [2.75, 3.05) is 0 Å². The van der Waals surface area contributed by atoms with Crippen molar-refractivity contribution in [2.24, 2.45) is 0 Å². The first kappa shape index (κ1) is 18.3. The molecule has 0 spiro atoms. The second-order valence-electron chi connectivity index (χ2n) is 6.32. The number of hydrogen-bond acceptors (Lipinski definition) is 1. The van der Waals surface area contributed by atoms with Gasteiger partial charge < -0.3 is 4.74 Å². The smallest absolute Gasteiger partial charge is 0.0957 e. The summed E-state index contributed by atoms with van der Waals surface area (Å²) in [6, 6.07) is 15.4. The molecule has 128 valence electrons. The molecule has 0 aromatic heterocycles. The van der Waals surface area contributed by atoms with Crippen LogP contribution in [-0.4, -0.2) is 6.10 Å². The zero-order valence-electron chi connectivity index (χ0n) is 15.7. The van der Waals surface area contributed by atoms with Crippen LogP contribution in [0.25, 0.3) is 11.1 Å². The number of hydrogen-bond donors (Lipinski definition) is 0. The zero-order chi connectivity index (χ0) is 17.5. The first-order chi connectivity index (χ1) is 11.6. The molecule has 0 radical (unpaired) electrons. The third-order valence-corrected chi connectivity index (χ3v) is 4.34. The SMILES string of the molecule is CC.CC1=CCCC(C)O1.Cc1ccc2c(c1)Cc1ccccc1-2. The van der Waals surface area contributed by atoms with Gasteiger partial charge >= 0.3 is 0 Å². The van der Waals surface area contributed by atoms with Gasteiger partial charge in [0.2, 0.25) is 0 Å². The van der Waals surface area contributed by atoms with Crippen LogP contribution >= 0.6 is 0 Å². The van der Waals surface area contributed by atoms with Gasteiger partial charge in [0.15, 0.2) is 0 Å². The zero-order valence-corrected chi connectivity index (χ0v) is 15.7. The van der Waals surface area contributed by atoms with E-state index >= 15 is 0 Å². The fraction of sp³-hybridized carbons (Fsp3) is 0.391. The minimum absolute atomic E-state index is 0.444. The summed E-state index contributed by atoms with van der Waals surface area (Å²) >= 11 is 0. The lowest BCUT2D eigenvalue weighted by Gasteiger charge is -2.18. The van der Waals surface area contributed by atoms with E-state index in [1.807, 2.05) is 20.8 Å². The Hall–Kier alpha value is -2.02. The first-order valence-corrected chi connectivity index (χ1v) is 9.14. The van der Waals surface area contributed by atoms with Gasteiger partial charge in [0, 0.05) is 0 Å². The molecule has 0 bridgehead atoms. The van der Waals surface area contributed by atoms with Crippen LogP contribution in [0.5, 0.6) is 0 Å². The third-order valence-electron chi connectivity index (χ3n) is 4.34. The van der Waals surface area contributed by atoms with E-state index in [0.29, 0.717) is 6.10 Å². The van der Waals surface area contributed by atoms with E-state index < -0.39 is 0 Å². The maximum absolute atomic E-state index is 5.35. The quantitative estimate of drug-likeness (QED) is 0.448. The molecule has 2 aromatic rings. The van der Waals surface area contributed by atoms with Gasteiger partial charge in [-0.2, -0.15) is 0 Å². The van der Waals surface area contributed by atoms with Crippen molar-refractivity contribution >= 4 is 0 Å². The monoisotopic (exact) mass is 322 g/mol. The molecule has 1 heteroatoms. The summed E-state index contributed by atoms with van der Waals surface area (Å²) in [5, 5.41) is 0. The normalized spacial score (nSPS) is 17.0. The van der Waals surface area contributed by atoms with Crippen LogP contribution < -0.4 is 0 Å². The lowest BCUT2D eigenvalue weighted by atomic mass is 10.0. The minimum Gasteiger partial charge on any atom is -0.496 e. The van der Waals surface area contributed by atoms with Crippen molar-refractivity contribution < 1.29 is 4.74 Å². The van der Waals surface area contributed by atoms with Crippen LogP contribution in [0, 0.1) is 6.92 Å². The van der Waals surface area contributed by atoms with E-state index in [2.05, 4.69) is 62.4 Å². The molecule has 0 N–H and O–H groups in total. The highest BCUT2D eigenvalue weighted by Crippen LogP contribution is 2.36. The predicted molar refractivity (Wildman–Crippen MR) is 104 cm³/mol. The highest BCUT2D eigenvalue weighted by molar-refractivity contribution is 5.76. The van der Waals surface area contributed by atoms with E-state index in [4.69, 9.17) is 4.74 Å². The Morgan fingerprint density at radius 3 is 2.29 bits per heavy atom. The summed E-state index contributed by atoms with van der Waals surface area (Å²) < 4.78 is 5.35. The number of allylic oxidation sites excluding steroid dienone is 2. The first-order valence-electron chi connectivity index (χ1n) is 9.14. The van der Waals surface area contributed by atoms with Gasteiger partial charge in [0.1, 0.15) is 0 Å². The number of rotatable bonds is 0. The maximum atomic E-state index is 5.35. The molecule has 0 saturated carbocycles. The minimum atomic E-state index is 0.444. The van der Waals surface area contributed by atoms with E-state index in [1.54, 1.807) is 0 Å². The summed E-state index contributed by atoms with van der Waals surface area (Å²) in [5.74, 6) is 1.09. The van der Waals surface area contributed by atoms with Crippen LogP contribution in [0.1, 0.15) is 57.2 Å². The van der Waals surface area contributed by atoms with Crippen molar-refractivity contribution in [1.82, 2.24) is 0 Å². The summed E-state index contributed by atoms with van der Waals surface area (Å²) in [7, 11) is 0. The molecule has 1 heterocycles. The summed E-state index contributed by atoms with van der Waals surface area (Å²) in [5.41, 5.74) is 7.14. The van der Waals surface area contributed by atoms with Crippen molar-refractivity contribution in [2.45, 2.75) is 60.0 Å². The fourth-order valence-corrected chi connectivity index (χ4v) is 3.22. The summed E-state index contributed by atoms with van der Waals surface area (Å²) in [6.45, 7) is 10.3. The Labute approximate surface area is 147 Å². The van der Waals surface area contributed by atoms with E-state index in [1.165, 1.54) is 40.7 Å². The van der Waals surface area contributed by atoms with Gasteiger partial charge in [-0.15, -0.1) is 0 Å². The van der Waals surface area contributed by atoms with Gasteiger partial charge in [-0.25, -0.2) is 0 Å². The van der Waals surface area contributed by atoms with Crippen molar-refractivity contribution in [3.63, 3.8) is 0 Å². The Kier molecular flexibility index (Phi) is 6.66. The van der Waals surface area contributed by atoms with Crippen LogP contribution in [0.15, 0.2) is 54.3 Å². The molecule has 1 aliphatic heterocycles. The molecule has 0 amide bonds. The van der Waals surface area contributed by atoms with Crippen molar-refractivity contribution in [3.8, 4) is 11.1 Å². The fourth-order valence-electron chi connectivity index (χ4n) is 3.22. The molecule has 24 heavy (non-hydrogen) atoms. The molecule has 4 rings (SSSR count). The van der Waals surface area contributed by atoms with Crippen molar-refractivity contribution in [1.29, 1.82) is 0 Å². The largest absolute Gasteiger partial charge is 0.496 e. The Morgan fingerprint density at radius 2 is 1.62 bits per heavy atom. The molecule has 1 aliphatic carbocycles. The average molecular weight is 322 g/mol. The maximum Gasteiger partial charge on any atom is 0.0957 e. The number of fused-ring (bicyclic) bond motifs is 3. The lowest BCUT2D eigenvalue weighted by molar-refractivity contribution is 0.112. The Bertz CT molecular complexity index is 697. The Morgan fingerprint density at radius 1 is 0.917 bits per heavy atom. The molecular weight excluding hydrogens is 292 g/mol. The molecule has 2 aliphatic rings.